The third-order valence-electron chi connectivity index (χ3n) is 10.5. The van der Waals surface area contributed by atoms with Crippen LogP contribution >= 0.6 is 0 Å². The first kappa shape index (κ1) is 58.3. The number of ether oxygens (including phenoxy) is 1. The molecule has 0 aromatic rings. The Morgan fingerprint density at radius 2 is 0.903 bits per heavy atom. The van der Waals surface area contributed by atoms with E-state index in [2.05, 4.69) is 56.5 Å². The van der Waals surface area contributed by atoms with Crippen molar-refractivity contribution in [2.75, 3.05) is 6.61 Å². The Balaban J connectivity index is 4.82. The van der Waals surface area contributed by atoms with Crippen molar-refractivity contribution in [3.05, 3.63) is 122 Å². The number of allylic oxidation sites excluding steroid dienone is 20. The van der Waals surface area contributed by atoms with Crippen LogP contribution in [0.1, 0.15) is 194 Å². The number of amides is 1. The average Bonchev–Trinajstić information content (AvgIpc) is 3.26. The normalized spacial score (nSPS) is 14.3. The first-order valence-electron chi connectivity index (χ1n) is 24.9. The van der Waals surface area contributed by atoms with Crippen LogP contribution in [0.3, 0.4) is 0 Å². The molecule has 0 aliphatic heterocycles. The molecule has 0 aromatic heterocycles. The second kappa shape index (κ2) is 48.3. The van der Waals surface area contributed by atoms with Crippen LogP contribution in [0.4, 0.5) is 0 Å². The topological polar surface area (TPSA) is 95.9 Å². The number of carbonyl (C=O) groups is 2. The number of aliphatic hydroxyl groups is 2. The molecule has 0 aliphatic carbocycles. The molecule has 3 atom stereocenters. The predicted octanol–water partition coefficient (Wildman–Crippen LogP) is 14.9. The van der Waals surface area contributed by atoms with Crippen LogP contribution in [0.25, 0.3) is 0 Å². The van der Waals surface area contributed by atoms with Gasteiger partial charge >= 0.3 is 5.97 Å². The molecule has 0 fully saturated rings. The highest BCUT2D eigenvalue weighted by atomic mass is 16.5. The summed E-state index contributed by atoms with van der Waals surface area (Å²) in [7, 11) is 0. The van der Waals surface area contributed by atoms with Crippen LogP contribution in [0, 0.1) is 0 Å². The maximum absolute atomic E-state index is 13.2. The molecule has 1 amide bonds. The number of aliphatic hydroxyl groups excluding tert-OH is 2. The first-order chi connectivity index (χ1) is 30.5. The lowest BCUT2D eigenvalue weighted by atomic mass is 10.0. The molecule has 0 heterocycles. The summed E-state index contributed by atoms with van der Waals surface area (Å²) < 4.78 is 5.86. The van der Waals surface area contributed by atoms with Crippen molar-refractivity contribution in [3.8, 4) is 0 Å². The summed E-state index contributed by atoms with van der Waals surface area (Å²) in [6.45, 7) is 6.20. The molecular formula is C56H91NO5. The van der Waals surface area contributed by atoms with E-state index in [1.807, 2.05) is 91.1 Å². The van der Waals surface area contributed by atoms with Gasteiger partial charge in [0.1, 0.15) is 6.10 Å². The van der Waals surface area contributed by atoms with Crippen molar-refractivity contribution in [2.45, 2.75) is 212 Å². The largest absolute Gasteiger partial charge is 0.462 e. The second-order valence-corrected chi connectivity index (χ2v) is 16.4. The number of hydrogen-bond donors (Lipinski definition) is 3. The summed E-state index contributed by atoms with van der Waals surface area (Å²) in [5.41, 5.74) is 0. The maximum Gasteiger partial charge on any atom is 0.306 e. The minimum absolute atomic E-state index is 0.0124. The zero-order valence-corrected chi connectivity index (χ0v) is 39.7. The highest BCUT2D eigenvalue weighted by Gasteiger charge is 2.24. The summed E-state index contributed by atoms with van der Waals surface area (Å²) in [4.78, 5) is 26.1. The summed E-state index contributed by atoms with van der Waals surface area (Å²) in [5, 5.41) is 23.7. The third kappa shape index (κ3) is 42.9. The van der Waals surface area contributed by atoms with E-state index in [-0.39, 0.29) is 31.3 Å². The van der Waals surface area contributed by atoms with Gasteiger partial charge in [0.25, 0.3) is 0 Å². The molecule has 0 saturated heterocycles. The van der Waals surface area contributed by atoms with Crippen LogP contribution in [0.15, 0.2) is 122 Å². The summed E-state index contributed by atoms with van der Waals surface area (Å²) in [5.74, 6) is -0.617. The van der Waals surface area contributed by atoms with Crippen molar-refractivity contribution in [2.24, 2.45) is 0 Å². The highest BCUT2D eigenvalue weighted by molar-refractivity contribution is 5.77. The Kier molecular flexibility index (Phi) is 45.4. The second-order valence-electron chi connectivity index (χ2n) is 16.4. The van der Waals surface area contributed by atoms with Crippen molar-refractivity contribution in [3.63, 3.8) is 0 Å². The fourth-order valence-corrected chi connectivity index (χ4v) is 6.78. The molecule has 62 heavy (non-hydrogen) atoms. The van der Waals surface area contributed by atoms with E-state index in [9.17, 15) is 19.8 Å². The van der Waals surface area contributed by atoms with Gasteiger partial charge in [0.05, 0.1) is 25.2 Å². The lowest BCUT2D eigenvalue weighted by Crippen LogP contribution is -2.46. The molecule has 0 bridgehead atoms. The van der Waals surface area contributed by atoms with Crippen LogP contribution in [-0.2, 0) is 14.3 Å². The molecule has 3 N–H and O–H groups in total. The Bertz CT molecular complexity index is 1330. The monoisotopic (exact) mass is 858 g/mol. The standard InChI is InChI=1S/C56H91NO5/c1-4-7-10-13-16-19-22-25-27-28-30-32-35-38-41-44-47-52(62-56(61)49-46-43-40-37-34-29-24-21-18-15-12-9-6-3)50-55(60)57-53(51-58)54(59)48-45-42-39-36-33-31-26-23-20-17-14-11-8-5-2/h9-10,12-13,15-16,18-19,21-22,24-25,27-30,32,34,37,40,52-54,58-59H,4-8,11,14,17,20,23,26,31,33,35-36,38-39,41-51H2,1-3H3,(H,57,60)/b12-9+,13-10+,18-15+,19-16+,24-21-,25-22+,28-27+,32-30+,34-29-,40-37+. The minimum Gasteiger partial charge on any atom is -0.462 e. The van der Waals surface area contributed by atoms with Crippen LogP contribution in [-0.4, -0.2) is 46.9 Å². The van der Waals surface area contributed by atoms with Gasteiger partial charge in [-0.05, 0) is 57.8 Å². The van der Waals surface area contributed by atoms with Crippen molar-refractivity contribution < 1.29 is 24.5 Å². The quantitative estimate of drug-likeness (QED) is 0.0323. The summed E-state index contributed by atoms with van der Waals surface area (Å²) in [6.07, 6.45) is 66.8. The van der Waals surface area contributed by atoms with Gasteiger partial charge in [-0.15, -0.1) is 0 Å². The smallest absolute Gasteiger partial charge is 0.306 e. The van der Waals surface area contributed by atoms with E-state index >= 15 is 0 Å². The Labute approximate surface area is 380 Å². The number of unbranched alkanes of at least 4 members (excludes halogenated alkanes) is 18. The zero-order chi connectivity index (χ0) is 45.2. The molecule has 0 aromatic carbocycles. The summed E-state index contributed by atoms with van der Waals surface area (Å²) >= 11 is 0. The van der Waals surface area contributed by atoms with Gasteiger partial charge in [-0.3, -0.25) is 9.59 Å². The molecule has 0 radical (unpaired) electrons. The molecule has 350 valence electrons. The van der Waals surface area contributed by atoms with Crippen molar-refractivity contribution >= 4 is 11.9 Å². The fourth-order valence-electron chi connectivity index (χ4n) is 6.78. The number of hydrogen-bond acceptors (Lipinski definition) is 5. The first-order valence-corrected chi connectivity index (χ1v) is 24.9. The zero-order valence-electron chi connectivity index (χ0n) is 39.7. The highest BCUT2D eigenvalue weighted by Crippen LogP contribution is 2.17. The molecule has 6 heteroatoms. The molecule has 0 aliphatic rings. The van der Waals surface area contributed by atoms with Crippen molar-refractivity contribution in [1.29, 1.82) is 0 Å². The van der Waals surface area contributed by atoms with E-state index in [0.717, 1.165) is 70.6 Å². The Morgan fingerprint density at radius 3 is 1.39 bits per heavy atom. The predicted molar refractivity (Wildman–Crippen MR) is 268 cm³/mol. The van der Waals surface area contributed by atoms with Gasteiger partial charge in [0, 0.05) is 6.42 Å². The third-order valence-corrected chi connectivity index (χ3v) is 10.5. The Morgan fingerprint density at radius 1 is 0.484 bits per heavy atom. The summed E-state index contributed by atoms with van der Waals surface area (Å²) in [6, 6.07) is -0.739. The molecule has 0 saturated carbocycles. The van der Waals surface area contributed by atoms with Crippen molar-refractivity contribution in [1.82, 2.24) is 5.32 Å². The van der Waals surface area contributed by atoms with Gasteiger partial charge in [0.2, 0.25) is 5.91 Å². The van der Waals surface area contributed by atoms with Gasteiger partial charge in [-0.25, -0.2) is 0 Å². The van der Waals surface area contributed by atoms with E-state index in [1.165, 1.54) is 70.6 Å². The molecular weight excluding hydrogens is 767 g/mol. The number of nitrogens with one attached hydrogen (secondary N) is 1. The Hall–Kier alpha value is -3.74. The van der Waals surface area contributed by atoms with E-state index < -0.39 is 18.2 Å². The van der Waals surface area contributed by atoms with E-state index in [1.54, 1.807) is 0 Å². The molecule has 0 rings (SSSR count). The van der Waals surface area contributed by atoms with Crippen LogP contribution in [0.5, 0.6) is 0 Å². The van der Waals surface area contributed by atoms with Crippen LogP contribution < -0.4 is 5.32 Å². The lowest BCUT2D eigenvalue weighted by Gasteiger charge is -2.24. The van der Waals surface area contributed by atoms with Gasteiger partial charge in [-0.1, -0.05) is 245 Å². The number of rotatable bonds is 42. The SMILES string of the molecule is CC/C=C/C=C/C=C\C=C/C=C/CCCC(=O)OC(CCCCC/C=C/C=C/C=C/C=C/C=C/CCC)CC(=O)NC(CO)C(O)CCCCCCCCCCCCCCCC. The van der Waals surface area contributed by atoms with E-state index in [4.69, 9.17) is 4.74 Å². The van der Waals surface area contributed by atoms with Gasteiger partial charge in [-0.2, -0.15) is 0 Å². The molecule has 0 spiro atoms. The fraction of sp³-hybridized carbons (Fsp3) is 0.607. The minimum atomic E-state index is -0.820. The van der Waals surface area contributed by atoms with Crippen LogP contribution in [0.2, 0.25) is 0 Å². The number of carbonyl (C=O) groups excluding carboxylic acids is 2. The van der Waals surface area contributed by atoms with Gasteiger partial charge < -0.3 is 20.3 Å². The number of esters is 1. The maximum atomic E-state index is 13.2. The molecule has 3 unspecified atom stereocenters. The van der Waals surface area contributed by atoms with E-state index in [0.29, 0.717) is 19.3 Å². The molecule has 6 nitrogen and oxygen atoms in total. The average molecular weight is 858 g/mol. The lowest BCUT2D eigenvalue weighted by molar-refractivity contribution is -0.151. The van der Waals surface area contributed by atoms with Gasteiger partial charge in [0.15, 0.2) is 0 Å².